The van der Waals surface area contributed by atoms with Crippen molar-refractivity contribution in [3.63, 3.8) is 0 Å². The van der Waals surface area contributed by atoms with E-state index in [-0.39, 0.29) is 19.1 Å². The molecule has 0 bridgehead atoms. The van der Waals surface area contributed by atoms with Crippen LogP contribution in [-0.2, 0) is 4.79 Å². The van der Waals surface area contributed by atoms with Crippen molar-refractivity contribution in [3.05, 3.63) is 12.2 Å². The molecule has 0 radical (unpaired) electrons. The lowest BCUT2D eigenvalue weighted by molar-refractivity contribution is -0.131. The first-order valence-electron chi connectivity index (χ1n) is 13.3. The molecule has 0 rings (SSSR count). The average molecular weight is 456 g/mol. The molecular weight excluding hydrogens is 402 g/mol. The molecule has 0 saturated carbocycles. The van der Waals surface area contributed by atoms with Crippen LogP contribution in [-0.4, -0.2) is 73.5 Å². The van der Waals surface area contributed by atoms with E-state index in [0.29, 0.717) is 26.1 Å². The third-order valence-corrected chi connectivity index (χ3v) is 5.70. The molecule has 0 spiro atoms. The van der Waals surface area contributed by atoms with E-state index in [0.717, 1.165) is 32.5 Å². The van der Waals surface area contributed by atoms with Gasteiger partial charge in [-0.15, -0.1) is 0 Å². The SMILES string of the molecule is CCCCCCCCC=CCCCCCCCC(=O)N(CCO)CCNCCNCCO. The van der Waals surface area contributed by atoms with Crippen LogP contribution in [0.2, 0.25) is 0 Å². The average Bonchev–Trinajstić information content (AvgIpc) is 2.80. The van der Waals surface area contributed by atoms with E-state index in [1.165, 1.54) is 70.6 Å². The molecule has 0 heterocycles. The monoisotopic (exact) mass is 455 g/mol. The summed E-state index contributed by atoms with van der Waals surface area (Å²) < 4.78 is 0. The molecule has 32 heavy (non-hydrogen) atoms. The van der Waals surface area contributed by atoms with Crippen LogP contribution >= 0.6 is 0 Å². The van der Waals surface area contributed by atoms with Gasteiger partial charge < -0.3 is 25.7 Å². The highest BCUT2D eigenvalue weighted by molar-refractivity contribution is 5.76. The summed E-state index contributed by atoms with van der Waals surface area (Å²) in [5.74, 6) is 0.150. The van der Waals surface area contributed by atoms with Crippen molar-refractivity contribution in [1.82, 2.24) is 15.5 Å². The Kier molecular flexibility index (Phi) is 25.5. The van der Waals surface area contributed by atoms with E-state index in [9.17, 15) is 9.90 Å². The Morgan fingerprint density at radius 3 is 1.84 bits per heavy atom. The fraction of sp³-hybridized carbons (Fsp3) is 0.885. The number of allylic oxidation sites excluding steroid dienone is 2. The van der Waals surface area contributed by atoms with Gasteiger partial charge in [0, 0.05) is 45.7 Å². The van der Waals surface area contributed by atoms with Crippen molar-refractivity contribution in [2.24, 2.45) is 0 Å². The van der Waals surface area contributed by atoms with Gasteiger partial charge in [-0.2, -0.15) is 0 Å². The summed E-state index contributed by atoms with van der Waals surface area (Å²) in [4.78, 5) is 14.2. The molecule has 190 valence electrons. The van der Waals surface area contributed by atoms with Gasteiger partial charge in [-0.25, -0.2) is 0 Å². The van der Waals surface area contributed by atoms with Gasteiger partial charge >= 0.3 is 0 Å². The van der Waals surface area contributed by atoms with Crippen LogP contribution in [0.1, 0.15) is 96.8 Å². The Balaban J connectivity index is 3.58. The van der Waals surface area contributed by atoms with Crippen LogP contribution in [0.5, 0.6) is 0 Å². The number of aliphatic hydroxyl groups excluding tert-OH is 2. The summed E-state index contributed by atoms with van der Waals surface area (Å²) in [6.07, 6.45) is 21.6. The van der Waals surface area contributed by atoms with Crippen molar-refractivity contribution >= 4 is 5.91 Å². The lowest BCUT2D eigenvalue weighted by atomic mass is 10.1. The lowest BCUT2D eigenvalue weighted by Gasteiger charge is -2.22. The second kappa shape index (κ2) is 26.3. The Labute approximate surface area is 198 Å². The van der Waals surface area contributed by atoms with E-state index < -0.39 is 0 Å². The minimum atomic E-state index is 0.0101. The molecule has 0 aromatic rings. The molecule has 0 aliphatic heterocycles. The number of unbranched alkanes of at least 4 members (excludes halogenated alkanes) is 11. The highest BCUT2D eigenvalue weighted by Crippen LogP contribution is 2.10. The number of amides is 1. The number of aliphatic hydroxyl groups is 2. The van der Waals surface area contributed by atoms with Crippen LogP contribution in [0.25, 0.3) is 0 Å². The Bertz CT molecular complexity index is 419. The van der Waals surface area contributed by atoms with E-state index >= 15 is 0 Å². The minimum Gasteiger partial charge on any atom is -0.395 e. The summed E-state index contributed by atoms with van der Waals surface area (Å²) in [7, 11) is 0. The highest BCUT2D eigenvalue weighted by Gasteiger charge is 2.11. The van der Waals surface area contributed by atoms with Crippen molar-refractivity contribution < 1.29 is 15.0 Å². The van der Waals surface area contributed by atoms with Crippen molar-refractivity contribution in [2.45, 2.75) is 96.8 Å². The number of rotatable bonds is 25. The number of nitrogens with one attached hydrogen (secondary N) is 2. The van der Waals surface area contributed by atoms with Gasteiger partial charge in [0.25, 0.3) is 0 Å². The molecule has 0 aromatic carbocycles. The Morgan fingerprint density at radius 1 is 0.688 bits per heavy atom. The predicted molar refractivity (Wildman–Crippen MR) is 136 cm³/mol. The van der Waals surface area contributed by atoms with Gasteiger partial charge in [-0.3, -0.25) is 4.79 Å². The topological polar surface area (TPSA) is 84.8 Å². The summed E-state index contributed by atoms with van der Waals surface area (Å²) >= 11 is 0. The number of nitrogens with zero attached hydrogens (tertiary/aromatic N) is 1. The third kappa shape index (κ3) is 22.3. The van der Waals surface area contributed by atoms with Gasteiger partial charge in [-0.05, 0) is 32.1 Å². The smallest absolute Gasteiger partial charge is 0.222 e. The number of hydrogen-bond donors (Lipinski definition) is 4. The Hall–Kier alpha value is -0.950. The summed E-state index contributed by atoms with van der Waals surface area (Å²) in [5, 5.41) is 24.3. The fourth-order valence-electron chi connectivity index (χ4n) is 3.71. The molecule has 6 nitrogen and oxygen atoms in total. The van der Waals surface area contributed by atoms with Gasteiger partial charge in [0.15, 0.2) is 0 Å². The van der Waals surface area contributed by atoms with E-state index in [1.54, 1.807) is 4.90 Å². The second-order valence-electron chi connectivity index (χ2n) is 8.66. The molecule has 1 amide bonds. The standard InChI is InChI=1S/C26H53N3O3/c1-2-3-4-5-6-7-8-9-10-11-12-13-14-15-16-17-26(32)29(23-25-31)22-20-27-18-19-28-21-24-30/h9-10,27-28,30-31H,2-8,11-25H2,1H3. The van der Waals surface area contributed by atoms with Crippen LogP contribution in [0.15, 0.2) is 12.2 Å². The maximum absolute atomic E-state index is 12.4. The number of carbonyl (C=O) groups excluding carboxylic acids is 1. The zero-order valence-corrected chi connectivity index (χ0v) is 21.0. The molecule has 0 unspecified atom stereocenters. The molecule has 0 atom stereocenters. The zero-order chi connectivity index (χ0) is 23.5. The van der Waals surface area contributed by atoms with Gasteiger partial charge in [-0.1, -0.05) is 70.4 Å². The van der Waals surface area contributed by atoms with Gasteiger partial charge in [0.05, 0.1) is 13.2 Å². The maximum Gasteiger partial charge on any atom is 0.222 e. The first-order valence-corrected chi connectivity index (χ1v) is 13.3. The molecule has 0 fully saturated rings. The summed E-state index contributed by atoms with van der Waals surface area (Å²) in [6.45, 7) is 6.38. The molecule has 0 aliphatic rings. The highest BCUT2D eigenvalue weighted by atomic mass is 16.3. The third-order valence-electron chi connectivity index (χ3n) is 5.70. The van der Waals surface area contributed by atoms with E-state index in [1.807, 2.05) is 0 Å². The largest absolute Gasteiger partial charge is 0.395 e. The minimum absolute atomic E-state index is 0.0101. The predicted octanol–water partition coefficient (Wildman–Crippen LogP) is 4.02. The van der Waals surface area contributed by atoms with Crippen molar-refractivity contribution in [2.75, 3.05) is 52.5 Å². The van der Waals surface area contributed by atoms with Crippen LogP contribution in [0, 0.1) is 0 Å². The zero-order valence-electron chi connectivity index (χ0n) is 21.0. The van der Waals surface area contributed by atoms with E-state index in [2.05, 4.69) is 29.7 Å². The quantitative estimate of drug-likeness (QED) is 0.123. The molecule has 0 aliphatic carbocycles. The lowest BCUT2D eigenvalue weighted by Crippen LogP contribution is -2.40. The summed E-state index contributed by atoms with van der Waals surface area (Å²) in [6, 6.07) is 0. The van der Waals surface area contributed by atoms with Gasteiger partial charge in [0.2, 0.25) is 5.91 Å². The van der Waals surface area contributed by atoms with Crippen molar-refractivity contribution in [1.29, 1.82) is 0 Å². The molecule has 6 heteroatoms. The second-order valence-corrected chi connectivity index (χ2v) is 8.66. The number of carbonyl (C=O) groups is 1. The van der Waals surface area contributed by atoms with Crippen molar-refractivity contribution in [3.8, 4) is 0 Å². The van der Waals surface area contributed by atoms with Gasteiger partial charge in [0.1, 0.15) is 0 Å². The van der Waals surface area contributed by atoms with E-state index in [4.69, 9.17) is 5.11 Å². The first kappa shape index (κ1) is 31.0. The fourth-order valence-corrected chi connectivity index (χ4v) is 3.71. The molecule has 0 aromatic heterocycles. The van der Waals surface area contributed by atoms with Crippen LogP contribution in [0.4, 0.5) is 0 Å². The molecule has 0 saturated heterocycles. The van der Waals surface area contributed by atoms with Crippen LogP contribution in [0.3, 0.4) is 0 Å². The number of hydrogen-bond acceptors (Lipinski definition) is 5. The molecular formula is C26H53N3O3. The summed E-state index contributed by atoms with van der Waals surface area (Å²) in [5.41, 5.74) is 0. The normalized spacial score (nSPS) is 11.5. The van der Waals surface area contributed by atoms with Crippen LogP contribution < -0.4 is 10.6 Å². The first-order chi connectivity index (χ1) is 15.8. The molecule has 4 N–H and O–H groups in total. The maximum atomic E-state index is 12.4. The Morgan fingerprint density at radius 2 is 1.25 bits per heavy atom.